The van der Waals surface area contributed by atoms with E-state index in [1.54, 1.807) is 20.8 Å². The van der Waals surface area contributed by atoms with Crippen LogP contribution in [0.1, 0.15) is 27.2 Å². The molecule has 1 aliphatic rings. The van der Waals surface area contributed by atoms with Gasteiger partial charge in [-0.15, -0.1) is 0 Å². The number of carbonyl (C=O) groups excluding carboxylic acids is 2. The molecule has 8 heteroatoms. The Morgan fingerprint density at radius 3 is 2.56 bits per heavy atom. The number of ether oxygens (including phenoxy) is 3. The van der Waals surface area contributed by atoms with Gasteiger partial charge < -0.3 is 14.2 Å². The minimum Gasteiger partial charge on any atom is -0.488 e. The molecule has 0 aromatic heterocycles. The largest absolute Gasteiger partial charge is 0.488 e. The van der Waals surface area contributed by atoms with Crippen LogP contribution in [0, 0.1) is 5.82 Å². The number of halogens is 2. The van der Waals surface area contributed by atoms with E-state index in [1.165, 1.54) is 30.2 Å². The molecular formula is C17H21BrFNO5. The van der Waals surface area contributed by atoms with E-state index < -0.39 is 35.6 Å². The van der Waals surface area contributed by atoms with Crippen molar-refractivity contribution in [3.8, 4) is 5.75 Å². The molecule has 0 saturated carbocycles. The molecule has 2 rings (SSSR count). The van der Waals surface area contributed by atoms with Crippen molar-refractivity contribution >= 4 is 28.0 Å². The summed E-state index contributed by atoms with van der Waals surface area (Å²) in [4.78, 5) is 25.7. The number of methoxy groups -OCH3 is 1. The maximum atomic E-state index is 13.3. The minimum absolute atomic E-state index is 0.170. The van der Waals surface area contributed by atoms with Gasteiger partial charge in [0.2, 0.25) is 0 Å². The lowest BCUT2D eigenvalue weighted by Crippen LogP contribution is -2.44. The Morgan fingerprint density at radius 2 is 2.00 bits per heavy atom. The lowest BCUT2D eigenvalue weighted by Gasteiger charge is -2.27. The number of likely N-dealkylation sites (tertiary alicyclic amines) is 1. The van der Waals surface area contributed by atoms with E-state index in [0.717, 1.165) is 0 Å². The normalized spacial score (nSPS) is 20.3. The van der Waals surface area contributed by atoms with Crippen LogP contribution < -0.4 is 4.74 Å². The maximum absolute atomic E-state index is 13.3. The highest BCUT2D eigenvalue weighted by molar-refractivity contribution is 9.10. The predicted octanol–water partition coefficient (Wildman–Crippen LogP) is 3.52. The molecule has 1 aromatic carbocycles. The first-order chi connectivity index (χ1) is 11.6. The Balaban J connectivity index is 2.13. The van der Waals surface area contributed by atoms with Gasteiger partial charge in [-0.1, -0.05) is 0 Å². The van der Waals surface area contributed by atoms with Gasteiger partial charge in [-0.3, -0.25) is 4.90 Å². The molecule has 25 heavy (non-hydrogen) atoms. The number of hydrogen-bond donors (Lipinski definition) is 0. The highest BCUT2D eigenvalue weighted by Crippen LogP contribution is 2.28. The molecule has 2 atom stereocenters. The summed E-state index contributed by atoms with van der Waals surface area (Å²) in [5, 5.41) is 0. The highest BCUT2D eigenvalue weighted by atomic mass is 79.9. The summed E-state index contributed by atoms with van der Waals surface area (Å²) in [7, 11) is 1.26. The summed E-state index contributed by atoms with van der Waals surface area (Å²) in [6, 6.07) is 3.48. The zero-order chi connectivity index (χ0) is 18.8. The molecule has 1 aliphatic heterocycles. The van der Waals surface area contributed by atoms with Crippen LogP contribution in [-0.4, -0.2) is 48.4 Å². The van der Waals surface area contributed by atoms with E-state index in [1.807, 2.05) is 0 Å². The minimum atomic E-state index is -0.784. The topological polar surface area (TPSA) is 65.1 Å². The van der Waals surface area contributed by atoms with E-state index in [9.17, 15) is 14.0 Å². The number of benzene rings is 1. The SMILES string of the molecule is COC(=O)[C@@H]1C[C@H](Oc2ccc(F)c(Br)c2)CN1C(=O)OC(C)(C)C. The average Bonchev–Trinajstić information content (AvgIpc) is 2.92. The highest BCUT2D eigenvalue weighted by Gasteiger charge is 2.43. The Labute approximate surface area is 154 Å². The molecule has 0 aliphatic carbocycles. The fraction of sp³-hybridized carbons (Fsp3) is 0.529. The van der Waals surface area contributed by atoms with Crippen LogP contribution in [0.4, 0.5) is 9.18 Å². The standard InChI is InChI=1S/C17H21BrFNO5/c1-17(2,3)25-16(22)20-9-11(8-14(20)15(21)23-4)24-10-5-6-13(19)12(18)7-10/h5-7,11,14H,8-9H2,1-4H3/t11-,14-/m0/s1. The van der Waals surface area contributed by atoms with Gasteiger partial charge in [0.1, 0.15) is 29.3 Å². The van der Waals surface area contributed by atoms with Crippen molar-refractivity contribution in [1.82, 2.24) is 4.90 Å². The smallest absolute Gasteiger partial charge is 0.411 e. The molecule has 1 fully saturated rings. The van der Waals surface area contributed by atoms with Crippen molar-refractivity contribution in [2.45, 2.75) is 44.9 Å². The van der Waals surface area contributed by atoms with Crippen molar-refractivity contribution < 1.29 is 28.2 Å². The summed E-state index contributed by atoms with van der Waals surface area (Å²) >= 11 is 3.10. The molecule has 1 heterocycles. The van der Waals surface area contributed by atoms with Gasteiger partial charge >= 0.3 is 12.1 Å². The van der Waals surface area contributed by atoms with Gasteiger partial charge in [0.15, 0.2) is 0 Å². The zero-order valence-electron chi connectivity index (χ0n) is 14.5. The lowest BCUT2D eigenvalue weighted by molar-refractivity contribution is -0.145. The molecular weight excluding hydrogens is 397 g/mol. The van der Waals surface area contributed by atoms with Gasteiger partial charge in [-0.05, 0) is 54.9 Å². The van der Waals surface area contributed by atoms with E-state index >= 15 is 0 Å². The number of esters is 1. The summed E-state index contributed by atoms with van der Waals surface area (Å²) in [6.45, 7) is 5.41. The maximum Gasteiger partial charge on any atom is 0.411 e. The summed E-state index contributed by atoms with van der Waals surface area (Å²) in [6.07, 6.45) is -0.774. The molecule has 138 valence electrons. The molecule has 1 saturated heterocycles. The second kappa shape index (κ2) is 7.59. The van der Waals surface area contributed by atoms with Crippen LogP contribution in [0.15, 0.2) is 22.7 Å². The van der Waals surface area contributed by atoms with Crippen LogP contribution in [0.5, 0.6) is 5.75 Å². The van der Waals surface area contributed by atoms with Crippen LogP contribution in [0.2, 0.25) is 0 Å². The molecule has 0 N–H and O–H groups in total. The van der Waals surface area contributed by atoms with Crippen LogP contribution in [-0.2, 0) is 14.3 Å². The first-order valence-electron chi connectivity index (χ1n) is 7.80. The molecule has 6 nitrogen and oxygen atoms in total. The first-order valence-corrected chi connectivity index (χ1v) is 8.59. The third-order valence-electron chi connectivity index (χ3n) is 3.56. The number of amides is 1. The van der Waals surface area contributed by atoms with Crippen LogP contribution in [0.3, 0.4) is 0 Å². The van der Waals surface area contributed by atoms with E-state index in [-0.39, 0.29) is 17.4 Å². The fourth-order valence-corrected chi connectivity index (χ4v) is 2.87. The monoisotopic (exact) mass is 417 g/mol. The summed E-state index contributed by atoms with van der Waals surface area (Å²) in [5.74, 6) is -0.494. The molecule has 0 spiro atoms. The number of hydrogen-bond acceptors (Lipinski definition) is 5. The third-order valence-corrected chi connectivity index (χ3v) is 4.17. The van der Waals surface area contributed by atoms with Gasteiger partial charge in [0, 0.05) is 6.42 Å². The van der Waals surface area contributed by atoms with Crippen LogP contribution >= 0.6 is 15.9 Å². The van der Waals surface area contributed by atoms with Crippen molar-refractivity contribution in [1.29, 1.82) is 0 Å². The van der Waals surface area contributed by atoms with Crippen molar-refractivity contribution in [3.05, 3.63) is 28.5 Å². The Kier molecular flexibility index (Phi) is 5.92. The fourth-order valence-electron chi connectivity index (χ4n) is 2.51. The second-order valence-electron chi connectivity index (χ2n) is 6.72. The summed E-state index contributed by atoms with van der Waals surface area (Å²) < 4.78 is 29.5. The zero-order valence-corrected chi connectivity index (χ0v) is 16.1. The Bertz CT molecular complexity index is 661. The predicted molar refractivity (Wildman–Crippen MR) is 91.9 cm³/mol. The molecule has 0 unspecified atom stereocenters. The quantitative estimate of drug-likeness (QED) is 0.703. The van der Waals surface area contributed by atoms with Gasteiger partial charge in [-0.25, -0.2) is 14.0 Å². The van der Waals surface area contributed by atoms with Gasteiger partial charge in [0.05, 0.1) is 18.1 Å². The van der Waals surface area contributed by atoms with Crippen molar-refractivity contribution in [2.24, 2.45) is 0 Å². The second-order valence-corrected chi connectivity index (χ2v) is 7.58. The van der Waals surface area contributed by atoms with Gasteiger partial charge in [0.25, 0.3) is 0 Å². The van der Waals surface area contributed by atoms with E-state index in [0.29, 0.717) is 5.75 Å². The molecule has 0 radical (unpaired) electrons. The molecule has 0 bridgehead atoms. The molecule has 1 amide bonds. The van der Waals surface area contributed by atoms with Gasteiger partial charge in [-0.2, -0.15) is 0 Å². The Hall–Kier alpha value is -1.83. The Morgan fingerprint density at radius 1 is 1.32 bits per heavy atom. The molecule has 1 aromatic rings. The third kappa shape index (κ3) is 5.07. The van der Waals surface area contributed by atoms with Crippen molar-refractivity contribution in [3.63, 3.8) is 0 Å². The first kappa shape index (κ1) is 19.5. The number of nitrogens with zero attached hydrogens (tertiary/aromatic N) is 1. The number of rotatable bonds is 3. The average molecular weight is 418 g/mol. The summed E-state index contributed by atoms with van der Waals surface area (Å²) in [5.41, 5.74) is -0.682. The van der Waals surface area contributed by atoms with Crippen molar-refractivity contribution in [2.75, 3.05) is 13.7 Å². The van der Waals surface area contributed by atoms with E-state index in [4.69, 9.17) is 14.2 Å². The van der Waals surface area contributed by atoms with E-state index in [2.05, 4.69) is 15.9 Å². The van der Waals surface area contributed by atoms with Crippen LogP contribution in [0.25, 0.3) is 0 Å². The number of carbonyl (C=O) groups is 2. The lowest BCUT2D eigenvalue weighted by atomic mass is 10.2.